The maximum absolute atomic E-state index is 14.0. The van der Waals surface area contributed by atoms with Gasteiger partial charge in [0.1, 0.15) is 30.5 Å². The van der Waals surface area contributed by atoms with Crippen LogP contribution in [0.5, 0.6) is 0 Å². The summed E-state index contributed by atoms with van der Waals surface area (Å²) < 4.78 is 42.6. The molecule has 4 heterocycles. The van der Waals surface area contributed by atoms with Crippen LogP contribution in [-0.4, -0.2) is 176 Å². The van der Waals surface area contributed by atoms with E-state index >= 15 is 0 Å². The number of ketones is 1. The monoisotopic (exact) mass is 869 g/mol. The van der Waals surface area contributed by atoms with E-state index in [1.807, 2.05) is 33.8 Å². The Hall–Kier alpha value is -1.86. The summed E-state index contributed by atoms with van der Waals surface area (Å²) in [5.74, 6) is -1.46. The average molecular weight is 869 g/mol. The summed E-state index contributed by atoms with van der Waals surface area (Å²) in [4.78, 5) is 32.1. The van der Waals surface area contributed by atoms with Gasteiger partial charge in [-0.25, -0.2) is 0 Å². The number of hydrogen-bond acceptors (Lipinski definition) is 15. The van der Waals surface area contributed by atoms with Gasteiger partial charge in [-0.15, -0.1) is 0 Å². The van der Waals surface area contributed by atoms with Crippen LogP contribution in [-0.2, 0) is 42.7 Å². The first-order chi connectivity index (χ1) is 28.8. The molecule has 4 rings (SSSR count). The van der Waals surface area contributed by atoms with Crippen molar-refractivity contribution in [3.05, 3.63) is 23.8 Å². The van der Waals surface area contributed by atoms with E-state index in [1.54, 1.807) is 45.0 Å². The molecule has 0 aromatic heterocycles. The number of rotatable bonds is 12. The standard InChI is InChI=1S/C46H80N2O13/c1-13-36-33(24-57-46-44(56-12)43(55-11)40(53)31(8)59-46)19-25(2)14-15-34(49)28(5)20-32(16-17-48-22-26(3)18-27(4)23-48)42(29(6)35(50)21-37(51)60-36)61-45-41(54)38(47(9)10)39(52)30(7)58-45/h14-15,19,26-33,35-36,38-46,50,52-54H,13,16-18,20-24H2,1-12H3/b15-14+,25-19+/t26-,27?,28?,29?,30?,31+,32?,33?,35?,36?,38+,39+,40?,41?,42?,43?,44-,45+,46+/m1/s1. The normalized spacial score (nSPS) is 44.3. The topological polar surface area (TPSA) is 186 Å². The molecule has 0 spiro atoms. The minimum absolute atomic E-state index is 0.0427. The zero-order chi connectivity index (χ0) is 45.3. The van der Waals surface area contributed by atoms with Gasteiger partial charge in [-0.1, -0.05) is 52.3 Å². The Kier molecular flexibility index (Phi) is 20.3. The molecular formula is C46H80N2O13. The van der Waals surface area contributed by atoms with Gasteiger partial charge in [-0.05, 0) is 90.9 Å². The van der Waals surface area contributed by atoms with Crippen LogP contribution in [0.2, 0.25) is 0 Å². The Labute approximate surface area is 365 Å². The fraction of sp³-hybridized carbons (Fsp3) is 0.870. The molecule has 3 fully saturated rings. The smallest absolute Gasteiger partial charge is 0.308 e. The van der Waals surface area contributed by atoms with Crippen molar-refractivity contribution in [2.75, 3.05) is 54.6 Å². The molecule has 0 aromatic carbocycles. The first-order valence-corrected chi connectivity index (χ1v) is 22.6. The number of ether oxygens (including phenoxy) is 7. The number of likely N-dealkylation sites (N-methyl/N-ethyl adjacent to an activating group) is 1. The quantitative estimate of drug-likeness (QED) is 0.209. The highest BCUT2D eigenvalue weighted by molar-refractivity contribution is 5.91. The first kappa shape index (κ1) is 51.8. The van der Waals surface area contributed by atoms with Crippen molar-refractivity contribution in [2.24, 2.45) is 35.5 Å². The molecule has 352 valence electrons. The van der Waals surface area contributed by atoms with Crippen LogP contribution in [0.4, 0.5) is 0 Å². The number of cyclic esters (lactones) is 1. The van der Waals surface area contributed by atoms with E-state index in [2.05, 4.69) is 18.7 Å². The van der Waals surface area contributed by atoms with Crippen LogP contribution < -0.4 is 0 Å². The summed E-state index contributed by atoms with van der Waals surface area (Å²) in [6.07, 6.45) is -2.96. The second-order valence-electron chi connectivity index (χ2n) is 18.9. The second-order valence-corrected chi connectivity index (χ2v) is 18.9. The van der Waals surface area contributed by atoms with Gasteiger partial charge in [0.15, 0.2) is 18.4 Å². The van der Waals surface area contributed by atoms with Crippen molar-refractivity contribution in [1.29, 1.82) is 0 Å². The summed E-state index contributed by atoms with van der Waals surface area (Å²) >= 11 is 0. The number of piperidine rings is 1. The number of nitrogens with zero attached hydrogens (tertiary/aromatic N) is 2. The molecule has 4 aliphatic heterocycles. The third-order valence-electron chi connectivity index (χ3n) is 13.5. The van der Waals surface area contributed by atoms with E-state index < -0.39 is 103 Å². The van der Waals surface area contributed by atoms with Crippen molar-refractivity contribution in [1.82, 2.24) is 9.80 Å². The van der Waals surface area contributed by atoms with E-state index in [-0.39, 0.29) is 24.7 Å². The zero-order valence-corrected chi connectivity index (χ0v) is 38.9. The summed E-state index contributed by atoms with van der Waals surface area (Å²) in [5, 5.41) is 45.3. The number of carbonyl (C=O) groups is 2. The molecule has 3 saturated heterocycles. The maximum Gasteiger partial charge on any atom is 0.308 e. The van der Waals surface area contributed by atoms with Crippen molar-refractivity contribution in [2.45, 2.75) is 167 Å². The molecular weight excluding hydrogens is 789 g/mol. The van der Waals surface area contributed by atoms with E-state index in [9.17, 15) is 30.0 Å². The van der Waals surface area contributed by atoms with Gasteiger partial charge in [0, 0.05) is 45.1 Å². The van der Waals surface area contributed by atoms with E-state index in [0.717, 1.165) is 25.2 Å². The molecule has 15 heteroatoms. The third-order valence-corrected chi connectivity index (χ3v) is 13.5. The number of aliphatic hydroxyl groups is 4. The number of carbonyl (C=O) groups excluding carboxylic acids is 2. The molecule has 0 saturated carbocycles. The van der Waals surface area contributed by atoms with E-state index in [1.165, 1.54) is 20.6 Å². The molecule has 0 bridgehead atoms. The Morgan fingerprint density at radius 3 is 2.05 bits per heavy atom. The number of hydrogen-bond donors (Lipinski definition) is 4. The maximum atomic E-state index is 14.0. The van der Waals surface area contributed by atoms with Crippen molar-refractivity contribution < 1.29 is 63.2 Å². The van der Waals surface area contributed by atoms with Gasteiger partial charge in [0.25, 0.3) is 0 Å². The van der Waals surface area contributed by atoms with E-state index in [4.69, 9.17) is 33.2 Å². The Balaban J connectivity index is 1.68. The SMILES string of the molecule is CCC1OC(=O)CC(O)C(C)C(O[C@@H]2OC(C)[C@H](O)[C@H](N(C)C)C2O)C(CCN2CC(C)C[C@@H](C)C2)CC(C)C(=O)/C=C/C(C)=C/C1CO[C@H]1O[C@@H](C)C(O)C(OC)[C@H]1OC. The van der Waals surface area contributed by atoms with Crippen LogP contribution in [0.3, 0.4) is 0 Å². The highest BCUT2D eigenvalue weighted by atomic mass is 16.7. The first-order valence-electron chi connectivity index (χ1n) is 22.6. The van der Waals surface area contributed by atoms with Crippen molar-refractivity contribution >= 4 is 11.8 Å². The lowest BCUT2D eigenvalue weighted by molar-refractivity contribution is -0.304. The number of aliphatic hydroxyl groups excluding tert-OH is 4. The number of methoxy groups -OCH3 is 2. The highest BCUT2D eigenvalue weighted by Gasteiger charge is 2.48. The summed E-state index contributed by atoms with van der Waals surface area (Å²) in [6, 6.07) is -0.684. The van der Waals surface area contributed by atoms with Crippen molar-refractivity contribution in [3.8, 4) is 0 Å². The van der Waals surface area contributed by atoms with Crippen LogP contribution in [0.25, 0.3) is 0 Å². The molecule has 15 nitrogen and oxygen atoms in total. The van der Waals surface area contributed by atoms with Gasteiger partial charge in [-0.3, -0.25) is 9.59 Å². The van der Waals surface area contributed by atoms with Crippen LogP contribution in [0.15, 0.2) is 23.8 Å². The van der Waals surface area contributed by atoms with Crippen LogP contribution in [0.1, 0.15) is 87.5 Å². The Morgan fingerprint density at radius 1 is 0.820 bits per heavy atom. The summed E-state index contributed by atoms with van der Waals surface area (Å²) in [7, 11) is 6.54. The fourth-order valence-corrected chi connectivity index (χ4v) is 10.0. The predicted molar refractivity (Wildman–Crippen MR) is 229 cm³/mol. The fourth-order valence-electron chi connectivity index (χ4n) is 10.0. The van der Waals surface area contributed by atoms with Gasteiger partial charge >= 0.3 is 5.97 Å². The minimum atomic E-state index is -1.23. The molecule has 4 aliphatic rings. The minimum Gasteiger partial charge on any atom is -0.462 e. The number of likely N-dealkylation sites (tertiary alicyclic amines) is 1. The van der Waals surface area contributed by atoms with Gasteiger partial charge < -0.3 is 63.4 Å². The van der Waals surface area contributed by atoms with Gasteiger partial charge in [-0.2, -0.15) is 0 Å². The molecule has 19 atom stereocenters. The lowest BCUT2D eigenvalue weighted by Gasteiger charge is -2.47. The van der Waals surface area contributed by atoms with Gasteiger partial charge in [0.2, 0.25) is 0 Å². The average Bonchev–Trinajstić information content (AvgIpc) is 3.19. The summed E-state index contributed by atoms with van der Waals surface area (Å²) in [6.45, 7) is 18.2. The largest absolute Gasteiger partial charge is 0.462 e. The Morgan fingerprint density at radius 2 is 1.44 bits per heavy atom. The van der Waals surface area contributed by atoms with Crippen LogP contribution in [0, 0.1) is 35.5 Å². The third kappa shape index (κ3) is 13.8. The molecule has 0 aliphatic carbocycles. The number of allylic oxidation sites excluding steroid dienone is 3. The number of esters is 1. The molecule has 4 N–H and O–H groups in total. The summed E-state index contributed by atoms with van der Waals surface area (Å²) in [5.41, 5.74) is 0.761. The predicted octanol–water partition coefficient (Wildman–Crippen LogP) is 3.34. The lowest BCUT2D eigenvalue weighted by atomic mass is 9.79. The Bertz CT molecular complexity index is 1420. The molecule has 0 radical (unpaired) electrons. The highest BCUT2D eigenvalue weighted by Crippen LogP contribution is 2.36. The van der Waals surface area contributed by atoms with Crippen LogP contribution >= 0.6 is 0 Å². The van der Waals surface area contributed by atoms with E-state index in [0.29, 0.717) is 31.1 Å². The molecule has 0 aromatic rings. The van der Waals surface area contributed by atoms with Gasteiger partial charge in [0.05, 0.1) is 49.6 Å². The second kappa shape index (κ2) is 23.9. The molecule has 12 unspecified atom stereocenters. The van der Waals surface area contributed by atoms with Crippen molar-refractivity contribution in [3.63, 3.8) is 0 Å². The lowest BCUT2D eigenvalue weighted by Crippen LogP contribution is -2.63. The molecule has 0 amide bonds. The zero-order valence-electron chi connectivity index (χ0n) is 38.9. The molecule has 61 heavy (non-hydrogen) atoms.